The highest BCUT2D eigenvalue weighted by molar-refractivity contribution is 6.11. The molecule has 1 aromatic rings. The van der Waals surface area contributed by atoms with E-state index in [2.05, 4.69) is 12.2 Å². The van der Waals surface area contributed by atoms with Crippen LogP contribution in [0.1, 0.15) is 54.1 Å². The average Bonchev–Trinajstić information content (AvgIpc) is 3.16. The summed E-state index contributed by atoms with van der Waals surface area (Å²) >= 11 is 0. The highest BCUT2D eigenvalue weighted by atomic mass is 16.5. The average molecular weight is 342 g/mol. The largest absolute Gasteiger partial charge is 0.372 e. The number of Topliss-reactive ketones (excluding diaryl/α,β-unsaturated/α-hetero) is 1. The van der Waals surface area contributed by atoms with Crippen LogP contribution in [0.2, 0.25) is 0 Å². The molecule has 0 aromatic heterocycles. The Bertz CT molecular complexity index is 750. The van der Waals surface area contributed by atoms with Gasteiger partial charge in [-0.3, -0.25) is 14.5 Å². The first-order valence-corrected chi connectivity index (χ1v) is 8.85. The lowest BCUT2D eigenvalue weighted by Crippen LogP contribution is -2.49. The van der Waals surface area contributed by atoms with Gasteiger partial charge in [-0.1, -0.05) is 19.1 Å². The van der Waals surface area contributed by atoms with E-state index in [0.29, 0.717) is 37.5 Å². The molecule has 0 bridgehead atoms. The fourth-order valence-corrected chi connectivity index (χ4v) is 3.99. The van der Waals surface area contributed by atoms with Gasteiger partial charge >= 0.3 is 6.03 Å². The van der Waals surface area contributed by atoms with Crippen molar-refractivity contribution in [1.82, 2.24) is 10.2 Å². The number of fused-ring (bicyclic) bond motifs is 1. The number of hydrogen-bond donors (Lipinski definition) is 1. The number of nitrogens with zero attached hydrogens (tertiary/aromatic N) is 1. The third kappa shape index (κ3) is 2.74. The minimum Gasteiger partial charge on any atom is -0.372 e. The Kier molecular flexibility index (Phi) is 3.87. The molecule has 2 aliphatic heterocycles. The number of hydrogen-bond acceptors (Lipinski definition) is 4. The molecular weight excluding hydrogens is 320 g/mol. The Morgan fingerprint density at radius 1 is 1.24 bits per heavy atom. The Morgan fingerprint density at radius 2 is 1.96 bits per heavy atom. The number of ketones is 1. The molecule has 25 heavy (non-hydrogen) atoms. The number of urea groups is 1. The van der Waals surface area contributed by atoms with Gasteiger partial charge in [-0.25, -0.2) is 4.79 Å². The van der Waals surface area contributed by atoms with Crippen LogP contribution in [0.4, 0.5) is 4.79 Å². The van der Waals surface area contributed by atoms with Crippen molar-refractivity contribution in [3.05, 3.63) is 34.9 Å². The topological polar surface area (TPSA) is 75.7 Å². The van der Waals surface area contributed by atoms with Crippen LogP contribution in [0.5, 0.6) is 0 Å². The Balaban J connectivity index is 1.49. The number of benzene rings is 1. The molecule has 6 heteroatoms. The van der Waals surface area contributed by atoms with Crippen molar-refractivity contribution in [2.75, 3.05) is 6.54 Å². The number of ether oxygens (including phenoxy) is 1. The maximum atomic E-state index is 12.8. The maximum Gasteiger partial charge on any atom is 0.325 e. The number of rotatable bonds is 3. The molecule has 1 N–H and O–H groups in total. The van der Waals surface area contributed by atoms with E-state index < -0.39 is 11.6 Å². The fourth-order valence-electron chi connectivity index (χ4n) is 3.99. The molecule has 0 unspecified atom stereocenters. The van der Waals surface area contributed by atoms with Crippen molar-refractivity contribution in [1.29, 1.82) is 0 Å². The highest BCUT2D eigenvalue weighted by Crippen LogP contribution is 2.36. The third-order valence-corrected chi connectivity index (χ3v) is 5.72. The molecule has 2 fully saturated rings. The van der Waals surface area contributed by atoms with Crippen molar-refractivity contribution >= 4 is 17.7 Å². The maximum absolute atomic E-state index is 12.8. The Labute approximate surface area is 146 Å². The van der Waals surface area contributed by atoms with Crippen LogP contribution < -0.4 is 5.32 Å². The summed E-state index contributed by atoms with van der Waals surface area (Å²) in [6.07, 6.45) is 3.14. The Morgan fingerprint density at radius 3 is 2.72 bits per heavy atom. The number of nitrogens with one attached hydrogen (secondary N) is 1. The minimum absolute atomic E-state index is 0.207. The van der Waals surface area contributed by atoms with E-state index in [1.807, 2.05) is 6.07 Å². The van der Waals surface area contributed by atoms with Gasteiger partial charge in [0.2, 0.25) is 0 Å². The summed E-state index contributed by atoms with van der Waals surface area (Å²) in [6.45, 7) is 3.02. The van der Waals surface area contributed by atoms with E-state index in [1.165, 1.54) is 0 Å². The van der Waals surface area contributed by atoms with Crippen LogP contribution in [0, 0.1) is 5.92 Å². The molecule has 1 aliphatic carbocycles. The van der Waals surface area contributed by atoms with Crippen molar-refractivity contribution < 1.29 is 19.1 Å². The number of amides is 3. The number of imide groups is 1. The van der Waals surface area contributed by atoms with Crippen molar-refractivity contribution in [3.63, 3.8) is 0 Å². The van der Waals surface area contributed by atoms with Crippen LogP contribution in [0.3, 0.4) is 0 Å². The quantitative estimate of drug-likeness (QED) is 0.676. The molecule has 6 nitrogen and oxygen atoms in total. The zero-order chi connectivity index (χ0) is 17.6. The molecule has 1 saturated carbocycles. The van der Waals surface area contributed by atoms with E-state index in [9.17, 15) is 14.4 Å². The van der Waals surface area contributed by atoms with Gasteiger partial charge in [0.1, 0.15) is 5.54 Å². The number of carbonyl (C=O) groups excluding carboxylic acids is 3. The molecule has 0 atom stereocenters. The molecular formula is C19H22N2O4. The van der Waals surface area contributed by atoms with Crippen LogP contribution >= 0.6 is 0 Å². The second-order valence-corrected chi connectivity index (χ2v) is 7.49. The smallest absolute Gasteiger partial charge is 0.325 e. The van der Waals surface area contributed by atoms with Crippen LogP contribution in [0.25, 0.3) is 0 Å². The van der Waals surface area contributed by atoms with Crippen LogP contribution in [-0.2, 0) is 22.7 Å². The predicted octanol–water partition coefficient (Wildman–Crippen LogP) is 2.40. The molecule has 1 aromatic carbocycles. The summed E-state index contributed by atoms with van der Waals surface area (Å²) in [4.78, 5) is 38.8. The standard InChI is InChI=1S/C19H22N2O4/c1-12-4-6-19(7-5-12)17(23)21(18(24)20-19)9-16(22)13-2-3-14-10-25-11-15(14)8-13/h2-3,8,12H,4-7,9-11H2,1H3,(H,20,24). The first kappa shape index (κ1) is 16.3. The normalized spacial score (nSPS) is 28.4. The first-order valence-electron chi connectivity index (χ1n) is 8.85. The van der Waals surface area contributed by atoms with Crippen molar-refractivity contribution in [2.45, 2.75) is 51.4 Å². The second-order valence-electron chi connectivity index (χ2n) is 7.49. The van der Waals surface area contributed by atoms with Gasteiger partial charge in [-0.05, 0) is 48.8 Å². The minimum atomic E-state index is -0.796. The lowest BCUT2D eigenvalue weighted by atomic mass is 9.77. The lowest BCUT2D eigenvalue weighted by molar-refractivity contribution is -0.132. The molecule has 3 amide bonds. The van der Waals surface area contributed by atoms with Gasteiger partial charge < -0.3 is 10.1 Å². The molecule has 3 aliphatic rings. The predicted molar refractivity (Wildman–Crippen MR) is 89.9 cm³/mol. The molecule has 132 valence electrons. The fraction of sp³-hybridized carbons (Fsp3) is 0.526. The van der Waals surface area contributed by atoms with E-state index in [1.54, 1.807) is 12.1 Å². The van der Waals surface area contributed by atoms with E-state index in [4.69, 9.17) is 4.74 Å². The van der Waals surface area contributed by atoms with Gasteiger partial charge in [0, 0.05) is 5.56 Å². The highest BCUT2D eigenvalue weighted by Gasteiger charge is 2.52. The van der Waals surface area contributed by atoms with Gasteiger partial charge in [0.15, 0.2) is 5.78 Å². The summed E-state index contributed by atoms with van der Waals surface area (Å²) < 4.78 is 5.36. The van der Waals surface area contributed by atoms with E-state index >= 15 is 0 Å². The Hall–Kier alpha value is -2.21. The molecule has 2 heterocycles. The lowest BCUT2D eigenvalue weighted by Gasteiger charge is -2.33. The molecule has 1 spiro atoms. The van der Waals surface area contributed by atoms with Gasteiger partial charge in [0.05, 0.1) is 19.8 Å². The van der Waals surface area contributed by atoms with Crippen molar-refractivity contribution in [3.8, 4) is 0 Å². The SMILES string of the molecule is CC1CCC2(CC1)NC(=O)N(CC(=O)c1ccc3c(c1)COC3)C2=O. The number of carbonyl (C=O) groups is 3. The first-order chi connectivity index (χ1) is 12.0. The van der Waals surface area contributed by atoms with Gasteiger partial charge in [0.25, 0.3) is 5.91 Å². The summed E-state index contributed by atoms with van der Waals surface area (Å²) in [5, 5.41) is 2.85. The van der Waals surface area contributed by atoms with E-state index in [0.717, 1.165) is 28.9 Å². The van der Waals surface area contributed by atoms with Crippen molar-refractivity contribution in [2.24, 2.45) is 5.92 Å². The van der Waals surface area contributed by atoms with Gasteiger partial charge in [-0.2, -0.15) is 0 Å². The summed E-state index contributed by atoms with van der Waals surface area (Å²) in [5.74, 6) is 0.0984. The summed E-state index contributed by atoms with van der Waals surface area (Å²) in [6, 6.07) is 4.98. The van der Waals surface area contributed by atoms with E-state index in [-0.39, 0.29) is 18.2 Å². The zero-order valence-electron chi connectivity index (χ0n) is 14.3. The molecule has 0 radical (unpaired) electrons. The third-order valence-electron chi connectivity index (χ3n) is 5.72. The second kappa shape index (κ2) is 5.95. The van der Waals surface area contributed by atoms with Gasteiger partial charge in [-0.15, -0.1) is 0 Å². The summed E-state index contributed by atoms with van der Waals surface area (Å²) in [5.41, 5.74) is 1.81. The molecule has 4 rings (SSSR count). The summed E-state index contributed by atoms with van der Waals surface area (Å²) in [7, 11) is 0. The monoisotopic (exact) mass is 342 g/mol. The van der Waals surface area contributed by atoms with Crippen LogP contribution in [0.15, 0.2) is 18.2 Å². The zero-order valence-corrected chi connectivity index (χ0v) is 14.3. The molecule has 1 saturated heterocycles. The van der Waals surface area contributed by atoms with Crippen LogP contribution in [-0.4, -0.2) is 34.7 Å².